The van der Waals surface area contributed by atoms with E-state index < -0.39 is 0 Å². The topological polar surface area (TPSA) is 77.4 Å². The molecule has 1 saturated heterocycles. The fourth-order valence-electron chi connectivity index (χ4n) is 4.81. The lowest BCUT2D eigenvalue weighted by atomic mass is 10.0. The number of hydrogen-bond donors (Lipinski definition) is 0. The van der Waals surface area contributed by atoms with E-state index in [-0.39, 0.29) is 17.5 Å². The zero-order chi connectivity index (χ0) is 22.5. The lowest BCUT2D eigenvalue weighted by Gasteiger charge is -2.16. The molecule has 0 bridgehead atoms. The second-order valence-electron chi connectivity index (χ2n) is 9.24. The molecule has 4 heterocycles. The summed E-state index contributed by atoms with van der Waals surface area (Å²) in [7, 11) is 1.69. The molecular formula is C25H26N6O2. The van der Waals surface area contributed by atoms with Gasteiger partial charge in [-0.25, -0.2) is 14.5 Å². The van der Waals surface area contributed by atoms with Crippen molar-refractivity contribution in [3.8, 4) is 22.5 Å². The molecule has 0 spiro atoms. The van der Waals surface area contributed by atoms with Gasteiger partial charge in [-0.15, -0.1) is 5.10 Å². The Labute approximate surface area is 191 Å². The van der Waals surface area contributed by atoms with Gasteiger partial charge < -0.3 is 9.30 Å². The van der Waals surface area contributed by atoms with Gasteiger partial charge in [0.1, 0.15) is 5.65 Å². The van der Waals surface area contributed by atoms with Crippen LogP contribution in [0.5, 0.6) is 0 Å². The van der Waals surface area contributed by atoms with Crippen molar-refractivity contribution < 1.29 is 4.79 Å². The van der Waals surface area contributed by atoms with Crippen molar-refractivity contribution >= 4 is 11.6 Å². The summed E-state index contributed by atoms with van der Waals surface area (Å²) in [5.41, 5.74) is 3.88. The van der Waals surface area contributed by atoms with Crippen LogP contribution in [0.2, 0.25) is 0 Å². The van der Waals surface area contributed by atoms with E-state index in [9.17, 15) is 9.59 Å². The largest absolute Gasteiger partial charge is 0.345 e. The predicted octanol–water partition coefficient (Wildman–Crippen LogP) is 2.82. The molecule has 1 saturated carbocycles. The molecule has 3 aromatic heterocycles. The number of carbonyl (C=O) groups is 1. The van der Waals surface area contributed by atoms with Gasteiger partial charge in [0.2, 0.25) is 5.91 Å². The highest BCUT2D eigenvalue weighted by Crippen LogP contribution is 2.33. The van der Waals surface area contributed by atoms with Gasteiger partial charge in [0.15, 0.2) is 5.82 Å². The summed E-state index contributed by atoms with van der Waals surface area (Å²) in [5, 5.41) is 4.53. The summed E-state index contributed by atoms with van der Waals surface area (Å²) in [4.78, 5) is 31.5. The average Bonchev–Trinajstić information content (AvgIpc) is 3.28. The van der Waals surface area contributed by atoms with Crippen molar-refractivity contribution in [1.29, 1.82) is 0 Å². The summed E-state index contributed by atoms with van der Waals surface area (Å²) < 4.78 is 5.17. The van der Waals surface area contributed by atoms with Crippen molar-refractivity contribution in [2.45, 2.75) is 25.8 Å². The fourth-order valence-corrected chi connectivity index (χ4v) is 4.81. The first-order valence-electron chi connectivity index (χ1n) is 11.5. The number of fused-ring (bicyclic) bond motifs is 1. The molecule has 2 fully saturated rings. The van der Waals surface area contributed by atoms with E-state index in [4.69, 9.17) is 0 Å². The van der Waals surface area contributed by atoms with Crippen LogP contribution in [0.25, 0.3) is 28.2 Å². The minimum absolute atomic E-state index is 0.119. The van der Waals surface area contributed by atoms with Crippen LogP contribution in [0.4, 0.5) is 0 Å². The van der Waals surface area contributed by atoms with Crippen molar-refractivity contribution in [2.75, 3.05) is 13.1 Å². The summed E-state index contributed by atoms with van der Waals surface area (Å²) in [6, 6.07) is 12.2. The van der Waals surface area contributed by atoms with Crippen molar-refractivity contribution in [2.24, 2.45) is 18.9 Å². The number of benzene rings is 1. The molecule has 1 aromatic carbocycles. The predicted molar refractivity (Wildman–Crippen MR) is 125 cm³/mol. The van der Waals surface area contributed by atoms with Crippen molar-refractivity contribution in [1.82, 2.24) is 28.6 Å². The van der Waals surface area contributed by atoms with Gasteiger partial charge in [-0.2, -0.15) is 0 Å². The number of aryl methyl sites for hydroxylation is 1. The first kappa shape index (κ1) is 20.0. The number of imidazole rings is 1. The lowest BCUT2D eigenvalue weighted by molar-refractivity contribution is -0.131. The Morgan fingerprint density at radius 3 is 2.58 bits per heavy atom. The maximum absolute atomic E-state index is 12.8. The van der Waals surface area contributed by atoms with Gasteiger partial charge in [0.25, 0.3) is 0 Å². The quantitative estimate of drug-likeness (QED) is 0.476. The maximum Gasteiger partial charge on any atom is 0.345 e. The molecule has 1 amide bonds. The Hall–Kier alpha value is -3.68. The fraction of sp³-hybridized carbons (Fsp3) is 0.360. The zero-order valence-corrected chi connectivity index (χ0v) is 18.6. The van der Waals surface area contributed by atoms with E-state index >= 15 is 0 Å². The van der Waals surface area contributed by atoms with Gasteiger partial charge in [-0.1, -0.05) is 24.3 Å². The van der Waals surface area contributed by atoms with Crippen molar-refractivity contribution in [3.63, 3.8) is 0 Å². The van der Waals surface area contributed by atoms with Gasteiger partial charge in [0, 0.05) is 56.8 Å². The van der Waals surface area contributed by atoms with Crippen LogP contribution in [0.1, 0.15) is 19.3 Å². The number of pyridine rings is 1. The van der Waals surface area contributed by atoms with Crippen LogP contribution >= 0.6 is 0 Å². The van der Waals surface area contributed by atoms with Crippen LogP contribution in [-0.4, -0.2) is 47.6 Å². The third-order valence-electron chi connectivity index (χ3n) is 6.84. The summed E-state index contributed by atoms with van der Waals surface area (Å²) in [6.45, 7) is 2.10. The number of rotatable bonds is 5. The molecule has 8 nitrogen and oxygen atoms in total. The molecule has 33 heavy (non-hydrogen) atoms. The standard InChI is InChI=1S/C25H26N6O2/c1-28-25(33)31(15-17-10-12-30(14-17)24(32)20-6-7-20)23(27-28)19-4-2-18(3-5-19)21-8-9-22-26-11-13-29(22)16-21/h2-5,8-9,11,13,16-17,20H,6-7,10,12,14-15H2,1H3. The number of nitrogens with zero attached hydrogens (tertiary/aromatic N) is 6. The van der Waals surface area contributed by atoms with Crippen LogP contribution < -0.4 is 5.69 Å². The zero-order valence-electron chi connectivity index (χ0n) is 18.6. The van der Waals surface area contributed by atoms with E-state index in [0.29, 0.717) is 18.3 Å². The first-order chi connectivity index (χ1) is 16.1. The molecule has 6 rings (SSSR count). The summed E-state index contributed by atoms with van der Waals surface area (Å²) in [6.07, 6.45) is 8.75. The van der Waals surface area contributed by atoms with Crippen LogP contribution in [0.3, 0.4) is 0 Å². The SMILES string of the molecule is Cn1nc(-c2ccc(-c3ccc4nccn4c3)cc2)n(CC2CCN(C(=O)C3CC3)C2)c1=O. The smallest absolute Gasteiger partial charge is 0.342 e. The van der Waals surface area contributed by atoms with E-state index in [2.05, 4.69) is 34.5 Å². The molecule has 1 atom stereocenters. The highest BCUT2D eigenvalue weighted by Gasteiger charge is 2.36. The lowest BCUT2D eigenvalue weighted by Crippen LogP contribution is -2.31. The Morgan fingerprint density at radius 1 is 1.03 bits per heavy atom. The van der Waals surface area contributed by atoms with Gasteiger partial charge in [-0.05, 0) is 48.4 Å². The minimum atomic E-state index is -0.119. The number of amides is 1. The molecule has 1 unspecified atom stereocenters. The second kappa shape index (κ2) is 7.72. The Balaban J connectivity index is 1.25. The van der Waals surface area contributed by atoms with E-state index in [1.807, 2.05) is 33.7 Å². The molecular weight excluding hydrogens is 416 g/mol. The summed E-state index contributed by atoms with van der Waals surface area (Å²) in [5.74, 6) is 1.48. The minimum Gasteiger partial charge on any atom is -0.342 e. The van der Waals surface area contributed by atoms with E-state index in [0.717, 1.165) is 54.7 Å². The van der Waals surface area contributed by atoms with Gasteiger partial charge in [0.05, 0.1) is 0 Å². The molecule has 0 radical (unpaired) electrons. The summed E-state index contributed by atoms with van der Waals surface area (Å²) >= 11 is 0. The van der Waals surface area contributed by atoms with Crippen molar-refractivity contribution in [3.05, 3.63) is 65.5 Å². The maximum atomic E-state index is 12.8. The number of likely N-dealkylation sites (tertiary alicyclic amines) is 1. The Kier molecular flexibility index (Phi) is 4.67. The monoisotopic (exact) mass is 442 g/mol. The molecule has 1 aliphatic heterocycles. The second-order valence-corrected chi connectivity index (χ2v) is 9.24. The molecule has 4 aromatic rings. The van der Waals surface area contributed by atoms with Crippen LogP contribution in [-0.2, 0) is 18.4 Å². The molecule has 2 aliphatic rings. The first-order valence-corrected chi connectivity index (χ1v) is 11.5. The molecule has 168 valence electrons. The van der Waals surface area contributed by atoms with Gasteiger partial charge in [-0.3, -0.25) is 9.36 Å². The highest BCUT2D eigenvalue weighted by molar-refractivity contribution is 5.81. The Morgan fingerprint density at radius 2 is 1.79 bits per heavy atom. The normalized spacial score (nSPS) is 18.3. The average molecular weight is 443 g/mol. The molecule has 8 heteroatoms. The van der Waals surface area contributed by atoms with Crippen LogP contribution in [0, 0.1) is 11.8 Å². The number of carbonyl (C=O) groups excluding carboxylic acids is 1. The van der Waals surface area contributed by atoms with Crippen LogP contribution in [0.15, 0.2) is 59.8 Å². The third-order valence-corrected chi connectivity index (χ3v) is 6.84. The molecule has 1 aliphatic carbocycles. The molecule has 0 N–H and O–H groups in total. The number of aromatic nitrogens is 5. The van der Waals surface area contributed by atoms with E-state index in [1.165, 1.54) is 4.68 Å². The Bertz CT molecular complexity index is 1390. The van der Waals surface area contributed by atoms with Gasteiger partial charge >= 0.3 is 5.69 Å². The third kappa shape index (κ3) is 3.65. The van der Waals surface area contributed by atoms with E-state index in [1.54, 1.807) is 17.8 Å². The number of hydrogen-bond acceptors (Lipinski definition) is 4. The highest BCUT2D eigenvalue weighted by atomic mass is 16.2.